The topological polar surface area (TPSA) is 194 Å². The Hall–Kier alpha value is -1.07. The summed E-state index contributed by atoms with van der Waals surface area (Å²) >= 11 is 0. The van der Waals surface area contributed by atoms with Crippen molar-refractivity contribution in [1.29, 1.82) is 0 Å². The minimum absolute atomic E-state index is 0.0252. The van der Waals surface area contributed by atoms with Crippen molar-refractivity contribution in [2.45, 2.75) is 172 Å². The number of ether oxygens (including phenoxy) is 6. The molecule has 7 aliphatic rings. The average molecular weight is 753 g/mol. The summed E-state index contributed by atoms with van der Waals surface area (Å²) in [7, 11) is 1.46. The van der Waals surface area contributed by atoms with Crippen LogP contribution in [0.1, 0.15) is 92.4 Å². The molecule has 0 aromatic heterocycles. The third kappa shape index (κ3) is 6.90. The summed E-state index contributed by atoms with van der Waals surface area (Å²) in [5.41, 5.74) is 1.13. The first-order valence-electron chi connectivity index (χ1n) is 20.2. The van der Waals surface area contributed by atoms with Gasteiger partial charge in [0.05, 0.1) is 24.9 Å². The molecule has 7 rings (SSSR count). The van der Waals surface area contributed by atoms with Crippen LogP contribution in [0.25, 0.3) is 0 Å². The van der Waals surface area contributed by atoms with Gasteiger partial charge in [0.1, 0.15) is 42.7 Å². The van der Waals surface area contributed by atoms with Crippen molar-refractivity contribution in [3.8, 4) is 0 Å². The lowest BCUT2D eigenvalue weighted by molar-refractivity contribution is -0.354. The highest BCUT2D eigenvalue weighted by Gasteiger charge is 2.61. The van der Waals surface area contributed by atoms with Crippen molar-refractivity contribution in [2.24, 2.45) is 46.3 Å². The highest BCUT2D eigenvalue weighted by molar-refractivity contribution is 5.94. The molecule has 0 aromatic rings. The molecule has 302 valence electrons. The van der Waals surface area contributed by atoms with Crippen molar-refractivity contribution < 1.29 is 63.9 Å². The number of aliphatic hydroxyl groups is 6. The number of carbonyl (C=O) groups excluding carboxylic acids is 1. The van der Waals surface area contributed by atoms with Crippen molar-refractivity contribution in [3.63, 3.8) is 0 Å². The third-order valence-electron chi connectivity index (χ3n) is 15.3. The van der Waals surface area contributed by atoms with E-state index in [1.165, 1.54) is 12.7 Å². The Balaban J connectivity index is 1.01. The summed E-state index contributed by atoms with van der Waals surface area (Å²) in [6, 6.07) is 0. The molecule has 53 heavy (non-hydrogen) atoms. The number of carbonyl (C=O) groups is 1. The van der Waals surface area contributed by atoms with E-state index in [0.717, 1.165) is 44.9 Å². The monoisotopic (exact) mass is 752 g/mol. The van der Waals surface area contributed by atoms with E-state index >= 15 is 0 Å². The van der Waals surface area contributed by atoms with Crippen LogP contribution >= 0.6 is 0 Å². The lowest BCUT2D eigenvalue weighted by Gasteiger charge is -2.57. The molecule has 3 heterocycles. The fourth-order valence-corrected chi connectivity index (χ4v) is 12.0. The maximum absolute atomic E-state index is 14.1. The second kappa shape index (κ2) is 15.4. The lowest BCUT2D eigenvalue weighted by Crippen LogP contribution is -2.60. The van der Waals surface area contributed by atoms with E-state index in [1.54, 1.807) is 6.92 Å². The van der Waals surface area contributed by atoms with Crippen molar-refractivity contribution >= 4 is 5.78 Å². The molecule has 3 saturated heterocycles. The van der Waals surface area contributed by atoms with Gasteiger partial charge in [0.2, 0.25) is 0 Å². The van der Waals surface area contributed by atoms with Gasteiger partial charge in [0.15, 0.2) is 24.7 Å². The molecule has 13 heteroatoms. The van der Waals surface area contributed by atoms with Crippen LogP contribution in [0.3, 0.4) is 0 Å². The van der Waals surface area contributed by atoms with Gasteiger partial charge in [-0.1, -0.05) is 33.3 Å². The number of hydrogen-bond donors (Lipinski definition) is 6. The Kier molecular flexibility index (Phi) is 11.6. The van der Waals surface area contributed by atoms with Crippen molar-refractivity contribution in [1.82, 2.24) is 0 Å². The molecular formula is C40H64O13. The second-order valence-electron chi connectivity index (χ2n) is 18.2. The van der Waals surface area contributed by atoms with Crippen molar-refractivity contribution in [3.05, 3.63) is 11.6 Å². The molecule has 6 N–H and O–H groups in total. The Labute approximate surface area is 313 Å². The standard InChI is InChI=1S/C40H64O13/c1-18-7-10-28(51-36(18)53-38-34(47)35(48-6)30(43)20(3)49-38)19(2)23-8-9-24-22-16-27(42)26-15-21(11-13-40(26,5)25(22)12-14-39(23,24)4)50-37-33(46)32(45)31(44)29(17-41)52-37/h16,18-21,23-26,28-38,41,43-47H,7-15,17H2,1-6H3/t18-,19+,20?,21+,23?,24?,25?,26?,28+,29?,30?,31?,32?,33?,34?,35?,36+,37?,38?,39-,40-/m1/s1. The minimum atomic E-state index is -1.51. The Bertz CT molecular complexity index is 1340. The zero-order chi connectivity index (χ0) is 38.1. The molecule has 3 aliphatic heterocycles. The summed E-state index contributed by atoms with van der Waals surface area (Å²) in [6.07, 6.45) is -2.17. The number of allylic oxidation sites excluding steroid dienone is 2. The maximum Gasteiger partial charge on any atom is 0.189 e. The minimum Gasteiger partial charge on any atom is -0.394 e. The molecule has 13 nitrogen and oxygen atoms in total. The maximum atomic E-state index is 14.1. The predicted octanol–water partition coefficient (Wildman–Crippen LogP) is 2.21. The molecular weight excluding hydrogens is 688 g/mol. The van der Waals surface area contributed by atoms with Gasteiger partial charge in [-0.25, -0.2) is 0 Å². The summed E-state index contributed by atoms with van der Waals surface area (Å²) in [5.74, 6) is 1.28. The zero-order valence-corrected chi connectivity index (χ0v) is 32.2. The number of fused-ring (bicyclic) bond motifs is 5. The van der Waals surface area contributed by atoms with E-state index in [9.17, 15) is 35.4 Å². The van der Waals surface area contributed by atoms with E-state index in [0.29, 0.717) is 30.6 Å². The SMILES string of the molecule is COC1C(O)C(C)OC(O[C@@H]2O[C@H]([C@@H](C)C3CCC4C5=CC(=O)C6C[C@@H](OC7OC(CO)C(O)C(O)C7O)CC[C@]6(C)C5CC[C@@]43C)CC[C@H]2C)C1O. The second-order valence-corrected chi connectivity index (χ2v) is 18.2. The Morgan fingerprint density at radius 3 is 2.19 bits per heavy atom. The highest BCUT2D eigenvalue weighted by Crippen LogP contribution is 2.67. The number of methoxy groups -OCH3 is 1. The molecule has 0 radical (unpaired) electrons. The average Bonchev–Trinajstić information content (AvgIpc) is 3.49. The smallest absolute Gasteiger partial charge is 0.189 e. The fraction of sp³-hybridized carbons (Fsp3) is 0.925. The molecule has 3 saturated carbocycles. The third-order valence-corrected chi connectivity index (χ3v) is 15.3. The number of ketones is 1. The first kappa shape index (κ1) is 40.1. The van der Waals surface area contributed by atoms with Crippen LogP contribution in [0.15, 0.2) is 11.6 Å². The Morgan fingerprint density at radius 1 is 0.774 bits per heavy atom. The fourth-order valence-electron chi connectivity index (χ4n) is 12.0. The van der Waals surface area contributed by atoms with Crippen LogP contribution in [0.5, 0.6) is 0 Å². The first-order valence-corrected chi connectivity index (χ1v) is 20.2. The normalized spacial score (nSPS) is 53.7. The van der Waals surface area contributed by atoms with Gasteiger partial charge in [-0.3, -0.25) is 4.79 Å². The van der Waals surface area contributed by atoms with Gasteiger partial charge in [0, 0.05) is 18.9 Å². The Morgan fingerprint density at radius 2 is 1.47 bits per heavy atom. The van der Waals surface area contributed by atoms with Crippen LogP contribution in [0.4, 0.5) is 0 Å². The number of aliphatic hydroxyl groups excluding tert-OH is 6. The summed E-state index contributed by atoms with van der Waals surface area (Å²) in [6.45, 7) is 10.3. The van der Waals surface area contributed by atoms with Crippen LogP contribution in [-0.4, -0.2) is 130 Å². The predicted molar refractivity (Wildman–Crippen MR) is 189 cm³/mol. The van der Waals surface area contributed by atoms with Gasteiger partial charge in [-0.15, -0.1) is 0 Å². The highest BCUT2D eigenvalue weighted by atomic mass is 16.8. The molecule has 0 aromatic carbocycles. The summed E-state index contributed by atoms with van der Waals surface area (Å²) in [4.78, 5) is 14.1. The van der Waals surface area contributed by atoms with E-state index in [4.69, 9.17) is 28.4 Å². The van der Waals surface area contributed by atoms with E-state index < -0.39 is 74.3 Å². The van der Waals surface area contributed by atoms with Crippen molar-refractivity contribution in [2.75, 3.05) is 13.7 Å². The molecule has 0 bridgehead atoms. The van der Waals surface area contributed by atoms with E-state index in [1.807, 2.05) is 6.08 Å². The van der Waals surface area contributed by atoms with Crippen LogP contribution < -0.4 is 0 Å². The largest absolute Gasteiger partial charge is 0.394 e. The molecule has 0 amide bonds. The van der Waals surface area contributed by atoms with Gasteiger partial charge in [-0.05, 0) is 105 Å². The molecule has 0 spiro atoms. The number of hydrogen-bond acceptors (Lipinski definition) is 13. The zero-order valence-electron chi connectivity index (χ0n) is 32.2. The summed E-state index contributed by atoms with van der Waals surface area (Å²) < 4.78 is 36.1. The lowest BCUT2D eigenvalue weighted by atomic mass is 9.47. The van der Waals surface area contributed by atoms with Gasteiger partial charge < -0.3 is 59.1 Å². The number of rotatable bonds is 8. The summed E-state index contributed by atoms with van der Waals surface area (Å²) in [5, 5.41) is 62.0. The van der Waals surface area contributed by atoms with Crippen LogP contribution in [0.2, 0.25) is 0 Å². The van der Waals surface area contributed by atoms with Crippen LogP contribution in [0, 0.1) is 46.3 Å². The first-order chi connectivity index (χ1) is 25.1. The van der Waals surface area contributed by atoms with Crippen LogP contribution in [-0.2, 0) is 33.2 Å². The van der Waals surface area contributed by atoms with Gasteiger partial charge in [-0.2, -0.15) is 0 Å². The molecule has 21 atom stereocenters. The molecule has 14 unspecified atom stereocenters. The van der Waals surface area contributed by atoms with Gasteiger partial charge >= 0.3 is 0 Å². The quantitative estimate of drug-likeness (QED) is 0.212. The molecule has 4 aliphatic carbocycles. The molecule has 6 fully saturated rings. The van der Waals surface area contributed by atoms with E-state index in [-0.39, 0.29) is 46.6 Å². The van der Waals surface area contributed by atoms with Gasteiger partial charge in [0.25, 0.3) is 0 Å². The van der Waals surface area contributed by atoms with E-state index in [2.05, 4.69) is 27.7 Å².